The van der Waals surface area contributed by atoms with E-state index in [0.29, 0.717) is 10.9 Å². The molecular formula is C11H12BrFO4. The summed E-state index contributed by atoms with van der Waals surface area (Å²) in [4.78, 5) is 11.0. The maximum atomic E-state index is 13.5. The molecule has 0 aliphatic carbocycles. The third-order valence-corrected chi connectivity index (χ3v) is 2.55. The zero-order chi connectivity index (χ0) is 12.8. The SMILES string of the molecule is O=C(O)C(OCCCO)c1ccc(Br)cc1F. The number of ether oxygens (including phenoxy) is 1. The van der Waals surface area contributed by atoms with Crippen molar-refractivity contribution >= 4 is 21.9 Å². The number of rotatable bonds is 6. The van der Waals surface area contributed by atoms with Crippen molar-refractivity contribution in [2.75, 3.05) is 13.2 Å². The number of carbonyl (C=O) groups is 1. The first-order valence-corrected chi connectivity index (χ1v) is 5.75. The van der Waals surface area contributed by atoms with Gasteiger partial charge >= 0.3 is 5.97 Å². The van der Waals surface area contributed by atoms with Crippen LogP contribution in [0.15, 0.2) is 22.7 Å². The molecule has 0 radical (unpaired) electrons. The van der Waals surface area contributed by atoms with Crippen LogP contribution in [0, 0.1) is 5.82 Å². The largest absolute Gasteiger partial charge is 0.479 e. The van der Waals surface area contributed by atoms with Gasteiger partial charge in [-0.3, -0.25) is 0 Å². The number of aliphatic carboxylic acids is 1. The predicted octanol–water partition coefficient (Wildman–Crippen LogP) is 2.11. The van der Waals surface area contributed by atoms with Gasteiger partial charge in [-0.2, -0.15) is 0 Å². The van der Waals surface area contributed by atoms with E-state index in [1.165, 1.54) is 12.1 Å². The molecule has 0 aliphatic rings. The third kappa shape index (κ3) is 4.07. The third-order valence-electron chi connectivity index (χ3n) is 2.06. The van der Waals surface area contributed by atoms with Crippen molar-refractivity contribution in [3.8, 4) is 0 Å². The molecule has 1 rings (SSSR count). The summed E-state index contributed by atoms with van der Waals surface area (Å²) in [7, 11) is 0. The molecule has 0 heterocycles. The molecule has 0 bridgehead atoms. The van der Waals surface area contributed by atoms with Gasteiger partial charge in [-0.1, -0.05) is 22.0 Å². The average molecular weight is 307 g/mol. The highest BCUT2D eigenvalue weighted by Crippen LogP contribution is 2.24. The van der Waals surface area contributed by atoms with E-state index in [-0.39, 0.29) is 18.8 Å². The number of hydrogen-bond donors (Lipinski definition) is 2. The van der Waals surface area contributed by atoms with Crippen LogP contribution in [0.3, 0.4) is 0 Å². The highest BCUT2D eigenvalue weighted by molar-refractivity contribution is 9.10. The fourth-order valence-electron chi connectivity index (χ4n) is 1.27. The molecule has 0 amide bonds. The minimum absolute atomic E-state index is 0.0290. The minimum Gasteiger partial charge on any atom is -0.479 e. The van der Waals surface area contributed by atoms with Crippen LogP contribution in [0.2, 0.25) is 0 Å². The highest BCUT2D eigenvalue weighted by Gasteiger charge is 2.23. The van der Waals surface area contributed by atoms with Gasteiger partial charge in [0.2, 0.25) is 0 Å². The topological polar surface area (TPSA) is 66.8 Å². The van der Waals surface area contributed by atoms with E-state index >= 15 is 0 Å². The highest BCUT2D eigenvalue weighted by atomic mass is 79.9. The van der Waals surface area contributed by atoms with Crippen molar-refractivity contribution in [2.45, 2.75) is 12.5 Å². The summed E-state index contributed by atoms with van der Waals surface area (Å²) in [6, 6.07) is 4.08. The van der Waals surface area contributed by atoms with Gasteiger partial charge in [0.05, 0.1) is 6.61 Å². The van der Waals surface area contributed by atoms with E-state index < -0.39 is 17.9 Å². The Morgan fingerprint density at radius 1 is 1.53 bits per heavy atom. The fourth-order valence-corrected chi connectivity index (χ4v) is 1.61. The Morgan fingerprint density at radius 2 is 2.24 bits per heavy atom. The van der Waals surface area contributed by atoms with Crippen LogP contribution >= 0.6 is 15.9 Å². The first kappa shape index (κ1) is 14.1. The van der Waals surface area contributed by atoms with E-state index in [1.54, 1.807) is 6.07 Å². The molecule has 2 N–H and O–H groups in total. The molecule has 0 aliphatic heterocycles. The number of carboxylic acid groups (broad SMARTS) is 1. The van der Waals surface area contributed by atoms with Gasteiger partial charge in [-0.25, -0.2) is 9.18 Å². The summed E-state index contributed by atoms with van der Waals surface area (Å²) in [5.74, 6) is -1.90. The lowest BCUT2D eigenvalue weighted by Gasteiger charge is -2.14. The lowest BCUT2D eigenvalue weighted by Crippen LogP contribution is -2.17. The van der Waals surface area contributed by atoms with Crippen molar-refractivity contribution < 1.29 is 24.1 Å². The second-order valence-corrected chi connectivity index (χ2v) is 4.25. The van der Waals surface area contributed by atoms with E-state index in [1.807, 2.05) is 0 Å². The zero-order valence-corrected chi connectivity index (χ0v) is 10.5. The van der Waals surface area contributed by atoms with Crippen molar-refractivity contribution in [3.05, 3.63) is 34.1 Å². The Hall–Kier alpha value is -0.980. The van der Waals surface area contributed by atoms with Crippen LogP contribution in [0.5, 0.6) is 0 Å². The fraction of sp³-hybridized carbons (Fsp3) is 0.364. The number of halogens is 2. The van der Waals surface area contributed by atoms with Crippen molar-refractivity contribution in [3.63, 3.8) is 0 Å². The zero-order valence-electron chi connectivity index (χ0n) is 8.90. The van der Waals surface area contributed by atoms with Gasteiger partial charge < -0.3 is 14.9 Å². The molecule has 1 aromatic rings. The molecule has 1 aromatic carbocycles. The van der Waals surface area contributed by atoms with Crippen LogP contribution in [0.1, 0.15) is 18.1 Å². The van der Waals surface area contributed by atoms with Gasteiger partial charge in [0, 0.05) is 16.6 Å². The number of aliphatic hydroxyl groups is 1. The molecule has 0 aromatic heterocycles. The van der Waals surface area contributed by atoms with Gasteiger partial charge in [-0.15, -0.1) is 0 Å². The molecule has 6 heteroatoms. The Balaban J connectivity index is 2.86. The molecule has 0 saturated heterocycles. The van der Waals surface area contributed by atoms with Crippen LogP contribution in [0.4, 0.5) is 4.39 Å². The first-order valence-electron chi connectivity index (χ1n) is 4.96. The summed E-state index contributed by atoms with van der Waals surface area (Å²) >= 11 is 3.08. The molecule has 0 spiro atoms. The molecule has 1 atom stereocenters. The number of benzene rings is 1. The van der Waals surface area contributed by atoms with Gasteiger partial charge in [-0.05, 0) is 18.6 Å². The smallest absolute Gasteiger partial charge is 0.337 e. The Bertz CT molecular complexity index is 397. The number of carboxylic acids is 1. The molecule has 4 nitrogen and oxygen atoms in total. The summed E-state index contributed by atoms with van der Waals surface area (Å²) in [6.07, 6.45) is -1.04. The van der Waals surface area contributed by atoms with E-state index in [4.69, 9.17) is 14.9 Å². The van der Waals surface area contributed by atoms with Crippen molar-refractivity contribution in [2.24, 2.45) is 0 Å². The van der Waals surface area contributed by atoms with Crippen LogP contribution < -0.4 is 0 Å². The maximum absolute atomic E-state index is 13.5. The average Bonchev–Trinajstić information content (AvgIpc) is 2.25. The maximum Gasteiger partial charge on any atom is 0.337 e. The quantitative estimate of drug-likeness (QED) is 0.790. The monoisotopic (exact) mass is 306 g/mol. The van der Waals surface area contributed by atoms with E-state index in [9.17, 15) is 9.18 Å². The number of aliphatic hydroxyl groups excluding tert-OH is 1. The molecule has 0 saturated carbocycles. The first-order chi connectivity index (χ1) is 8.06. The molecule has 17 heavy (non-hydrogen) atoms. The van der Waals surface area contributed by atoms with Crippen molar-refractivity contribution in [1.82, 2.24) is 0 Å². The van der Waals surface area contributed by atoms with Crippen molar-refractivity contribution in [1.29, 1.82) is 0 Å². The number of hydrogen-bond acceptors (Lipinski definition) is 3. The molecule has 1 unspecified atom stereocenters. The minimum atomic E-state index is -1.35. The normalized spacial score (nSPS) is 12.4. The molecule has 0 fully saturated rings. The standard InChI is InChI=1S/C11H12BrFO4/c12-7-2-3-8(9(13)6-7)10(11(15)16)17-5-1-4-14/h2-3,6,10,14H,1,4-5H2,(H,15,16). The van der Waals surface area contributed by atoms with Crippen LogP contribution in [-0.2, 0) is 9.53 Å². The van der Waals surface area contributed by atoms with E-state index in [2.05, 4.69) is 15.9 Å². The van der Waals surface area contributed by atoms with Gasteiger partial charge in [0.25, 0.3) is 0 Å². The lowest BCUT2D eigenvalue weighted by molar-refractivity contribution is -0.151. The second-order valence-electron chi connectivity index (χ2n) is 3.33. The summed E-state index contributed by atoms with van der Waals surface area (Å²) < 4.78 is 19.1. The summed E-state index contributed by atoms with van der Waals surface area (Å²) in [5, 5.41) is 17.5. The molecule has 94 valence electrons. The Morgan fingerprint density at radius 3 is 2.76 bits per heavy atom. The summed E-state index contributed by atoms with van der Waals surface area (Å²) in [6.45, 7) is -0.0435. The summed E-state index contributed by atoms with van der Waals surface area (Å²) in [5.41, 5.74) is -0.0290. The second kappa shape index (κ2) is 6.68. The molecular weight excluding hydrogens is 295 g/mol. The van der Waals surface area contributed by atoms with Crippen LogP contribution in [-0.4, -0.2) is 29.4 Å². The van der Waals surface area contributed by atoms with E-state index in [0.717, 1.165) is 0 Å². The predicted molar refractivity (Wildman–Crippen MR) is 62.1 cm³/mol. The Labute approximate surface area is 106 Å². The van der Waals surface area contributed by atoms with Gasteiger partial charge in [0.15, 0.2) is 6.10 Å². The van der Waals surface area contributed by atoms with Crippen LogP contribution in [0.25, 0.3) is 0 Å². The Kier molecular flexibility index (Phi) is 5.54. The van der Waals surface area contributed by atoms with Gasteiger partial charge in [0.1, 0.15) is 5.82 Å². The lowest BCUT2D eigenvalue weighted by atomic mass is 10.1.